The number of H-pyrrole nitrogens is 1. The largest absolute Gasteiger partial charge is 0.339 e. The second-order valence-electron chi connectivity index (χ2n) is 9.19. The molecule has 5 rings (SSSR count). The number of hydrogen-bond acceptors (Lipinski definition) is 4. The van der Waals surface area contributed by atoms with Gasteiger partial charge in [0.15, 0.2) is 9.84 Å². The Morgan fingerprint density at radius 2 is 1.79 bits per heavy atom. The lowest BCUT2D eigenvalue weighted by molar-refractivity contribution is -0.133. The van der Waals surface area contributed by atoms with E-state index in [-0.39, 0.29) is 22.8 Å². The molecule has 0 spiro atoms. The van der Waals surface area contributed by atoms with Gasteiger partial charge in [-0.3, -0.25) is 9.89 Å². The number of carbonyl (C=O) groups is 1. The number of carbonyl (C=O) groups excluding carboxylic acids is 1. The maximum absolute atomic E-state index is 13.3. The number of amides is 1. The van der Waals surface area contributed by atoms with E-state index in [9.17, 15) is 13.2 Å². The van der Waals surface area contributed by atoms with Crippen molar-refractivity contribution in [2.24, 2.45) is 5.92 Å². The van der Waals surface area contributed by atoms with Gasteiger partial charge in [-0.25, -0.2) is 8.42 Å². The molecule has 1 aliphatic carbocycles. The van der Waals surface area contributed by atoms with Gasteiger partial charge in [0.05, 0.1) is 10.6 Å². The lowest BCUT2D eigenvalue weighted by Crippen LogP contribution is -2.41. The topological polar surface area (TPSA) is 83.1 Å². The third-order valence-corrected chi connectivity index (χ3v) is 8.78. The van der Waals surface area contributed by atoms with Gasteiger partial charge in [-0.15, -0.1) is 0 Å². The number of hydrogen-bond donors (Lipinski definition) is 1. The number of nitrogens with one attached hydrogen (secondary N) is 1. The molecule has 2 aliphatic rings. The van der Waals surface area contributed by atoms with E-state index in [2.05, 4.69) is 10.2 Å². The second kappa shape index (κ2) is 9.02. The highest BCUT2D eigenvalue weighted by Gasteiger charge is 2.38. The third kappa shape index (κ3) is 4.49. The first-order valence-electron chi connectivity index (χ1n) is 11.3. The summed E-state index contributed by atoms with van der Waals surface area (Å²) >= 11 is 13.3. The number of aromatic nitrogens is 2. The minimum atomic E-state index is -3.26. The average molecular weight is 518 g/mol. The van der Waals surface area contributed by atoms with Gasteiger partial charge in [-0.05, 0) is 78.6 Å². The molecule has 34 heavy (non-hydrogen) atoms. The standard InChI is InChI=1S/C25H25Cl2N3O3S/c1-34(32,33)20-5-2-15(3-6-20)17-12-22(26)21(23(27)13-17)11-16-8-9-30(25(16)31)19-4-7-24-18(10-19)14-28-29-24/h2-3,5-6,12-14,16,19H,4,7-11H2,1H3,(H,28,29)/t16-,19-/m0/s1. The van der Waals surface area contributed by atoms with Crippen molar-refractivity contribution in [1.29, 1.82) is 0 Å². The molecule has 3 aromatic rings. The maximum atomic E-state index is 13.3. The van der Waals surface area contributed by atoms with Crippen molar-refractivity contribution in [2.75, 3.05) is 12.8 Å². The zero-order chi connectivity index (χ0) is 24.0. The summed E-state index contributed by atoms with van der Waals surface area (Å²) in [5.41, 5.74) is 4.72. The van der Waals surface area contributed by atoms with Crippen molar-refractivity contribution < 1.29 is 13.2 Å². The Morgan fingerprint density at radius 3 is 2.47 bits per heavy atom. The summed E-state index contributed by atoms with van der Waals surface area (Å²) < 4.78 is 23.4. The van der Waals surface area contributed by atoms with Crippen molar-refractivity contribution in [3.05, 3.63) is 69.5 Å². The lowest BCUT2D eigenvalue weighted by Gasteiger charge is -2.31. The summed E-state index contributed by atoms with van der Waals surface area (Å²) in [6.45, 7) is 0.751. The number of fused-ring (bicyclic) bond motifs is 1. The number of likely N-dealkylation sites (tertiary alicyclic amines) is 1. The van der Waals surface area contributed by atoms with Crippen LogP contribution in [0.25, 0.3) is 11.1 Å². The first-order valence-corrected chi connectivity index (χ1v) is 14.0. The van der Waals surface area contributed by atoms with E-state index in [1.54, 1.807) is 24.3 Å². The van der Waals surface area contributed by atoms with Crippen molar-refractivity contribution >= 4 is 38.9 Å². The van der Waals surface area contributed by atoms with Gasteiger partial charge in [0.1, 0.15) is 0 Å². The maximum Gasteiger partial charge on any atom is 0.226 e. The van der Waals surface area contributed by atoms with Gasteiger partial charge < -0.3 is 4.90 Å². The molecule has 0 saturated carbocycles. The smallest absolute Gasteiger partial charge is 0.226 e. The minimum Gasteiger partial charge on any atom is -0.339 e. The van der Waals surface area contributed by atoms with E-state index in [0.29, 0.717) is 16.5 Å². The molecule has 1 fully saturated rings. The van der Waals surface area contributed by atoms with Crippen LogP contribution in [0.3, 0.4) is 0 Å². The normalized spacial score (nSPS) is 20.6. The molecule has 6 nitrogen and oxygen atoms in total. The number of halogens is 2. The molecule has 1 N–H and O–H groups in total. The quantitative estimate of drug-likeness (QED) is 0.529. The van der Waals surface area contributed by atoms with Crippen LogP contribution in [0.2, 0.25) is 10.0 Å². The second-order valence-corrected chi connectivity index (χ2v) is 12.0. The summed E-state index contributed by atoms with van der Waals surface area (Å²) in [6, 6.07) is 10.5. The van der Waals surface area contributed by atoms with E-state index in [1.807, 2.05) is 23.2 Å². The van der Waals surface area contributed by atoms with Crippen LogP contribution in [-0.4, -0.2) is 48.3 Å². The highest BCUT2D eigenvalue weighted by Crippen LogP contribution is 2.36. The number of benzene rings is 2. The van der Waals surface area contributed by atoms with Crippen LogP contribution in [0.15, 0.2) is 47.5 Å². The van der Waals surface area contributed by atoms with Gasteiger partial charge in [-0.2, -0.15) is 5.10 Å². The molecule has 0 unspecified atom stereocenters. The van der Waals surface area contributed by atoms with E-state index in [0.717, 1.165) is 54.6 Å². The molecule has 0 bridgehead atoms. The summed E-state index contributed by atoms with van der Waals surface area (Å²) in [5.74, 6) is 0.0326. The molecule has 1 aromatic heterocycles. The van der Waals surface area contributed by atoms with E-state index < -0.39 is 9.84 Å². The molecule has 2 heterocycles. The van der Waals surface area contributed by atoms with Crippen molar-refractivity contribution in [3.63, 3.8) is 0 Å². The molecule has 0 radical (unpaired) electrons. The average Bonchev–Trinajstić information content (AvgIpc) is 3.41. The molecule has 9 heteroatoms. The van der Waals surface area contributed by atoms with Crippen LogP contribution >= 0.6 is 23.2 Å². The molecule has 178 valence electrons. The fraction of sp³-hybridized carbons (Fsp3) is 0.360. The van der Waals surface area contributed by atoms with Crippen LogP contribution < -0.4 is 0 Å². The molecule has 1 aliphatic heterocycles. The zero-order valence-electron chi connectivity index (χ0n) is 18.7. The number of aromatic amines is 1. The summed E-state index contributed by atoms with van der Waals surface area (Å²) in [6.07, 6.45) is 7.08. The molecule has 2 aromatic carbocycles. The zero-order valence-corrected chi connectivity index (χ0v) is 21.1. The Labute approximate surface area is 209 Å². The Kier molecular flexibility index (Phi) is 6.21. The predicted octanol–water partition coefficient (Wildman–Crippen LogP) is 4.74. The number of aryl methyl sites for hydroxylation is 1. The molecular weight excluding hydrogens is 493 g/mol. The number of sulfone groups is 1. The first-order chi connectivity index (χ1) is 16.2. The monoisotopic (exact) mass is 517 g/mol. The summed E-state index contributed by atoms with van der Waals surface area (Å²) in [4.78, 5) is 15.5. The van der Waals surface area contributed by atoms with E-state index in [1.165, 1.54) is 11.8 Å². The number of rotatable bonds is 5. The van der Waals surface area contributed by atoms with E-state index >= 15 is 0 Å². The third-order valence-electron chi connectivity index (χ3n) is 6.98. The Morgan fingerprint density at radius 1 is 1.09 bits per heavy atom. The SMILES string of the molecule is CS(=O)(=O)c1ccc(-c2cc(Cl)c(C[C@@H]3CCN([C@H]4CCc5n[nH]cc5C4)C3=O)c(Cl)c2)cc1. The van der Waals surface area contributed by atoms with Gasteiger partial charge in [0.25, 0.3) is 0 Å². The van der Waals surface area contributed by atoms with E-state index in [4.69, 9.17) is 23.2 Å². The molecular formula is C25H25Cl2N3O3S. The van der Waals surface area contributed by atoms with Crippen molar-refractivity contribution in [2.45, 2.75) is 43.0 Å². The highest BCUT2D eigenvalue weighted by atomic mass is 35.5. The van der Waals surface area contributed by atoms with Gasteiger partial charge in [0.2, 0.25) is 5.91 Å². The van der Waals surface area contributed by atoms with Gasteiger partial charge >= 0.3 is 0 Å². The Hall–Kier alpha value is -2.35. The highest BCUT2D eigenvalue weighted by molar-refractivity contribution is 7.90. The van der Waals surface area contributed by atoms with Crippen LogP contribution in [-0.2, 0) is 33.9 Å². The molecule has 1 saturated heterocycles. The van der Waals surface area contributed by atoms with Gasteiger partial charge in [-0.1, -0.05) is 35.3 Å². The fourth-order valence-corrected chi connectivity index (χ4v) is 6.35. The lowest BCUT2D eigenvalue weighted by atomic mass is 9.92. The Balaban J connectivity index is 1.31. The van der Waals surface area contributed by atoms with Crippen LogP contribution in [0.1, 0.15) is 29.7 Å². The van der Waals surface area contributed by atoms with Crippen LogP contribution in [0.4, 0.5) is 0 Å². The first kappa shape index (κ1) is 23.4. The fourth-order valence-electron chi connectivity index (χ4n) is 5.08. The van der Waals surface area contributed by atoms with Crippen LogP contribution in [0, 0.1) is 5.92 Å². The van der Waals surface area contributed by atoms with Crippen molar-refractivity contribution in [1.82, 2.24) is 15.1 Å². The summed E-state index contributed by atoms with van der Waals surface area (Å²) in [5, 5.41) is 8.25. The number of nitrogens with zero attached hydrogens (tertiary/aromatic N) is 2. The van der Waals surface area contributed by atoms with Crippen LogP contribution in [0.5, 0.6) is 0 Å². The molecule has 1 amide bonds. The van der Waals surface area contributed by atoms with Gasteiger partial charge in [0, 0.05) is 41.0 Å². The minimum absolute atomic E-state index is 0.138. The predicted molar refractivity (Wildman–Crippen MR) is 133 cm³/mol. The molecule has 2 atom stereocenters. The summed E-state index contributed by atoms with van der Waals surface area (Å²) in [7, 11) is -3.26. The Bertz CT molecular complexity index is 1330. The van der Waals surface area contributed by atoms with Crippen molar-refractivity contribution in [3.8, 4) is 11.1 Å².